The molecule has 1 rings (SSSR count). The van der Waals surface area contributed by atoms with Crippen molar-refractivity contribution in [3.05, 3.63) is 16.1 Å². The zero-order chi connectivity index (χ0) is 12.0. The molecule has 0 radical (unpaired) electrons. The number of carbonyl (C=O) groups excluding carboxylic acids is 1. The Bertz CT molecular complexity index is 378. The van der Waals surface area contributed by atoms with E-state index >= 15 is 0 Å². The Morgan fingerprint density at radius 1 is 1.50 bits per heavy atom. The second-order valence-corrected chi connectivity index (χ2v) is 4.17. The highest BCUT2D eigenvalue weighted by Gasteiger charge is 2.03. The number of hydrogen-bond donors (Lipinski definition) is 3. The number of thiazole rings is 1. The third kappa shape index (κ3) is 4.74. The molecule has 1 heterocycles. The summed E-state index contributed by atoms with van der Waals surface area (Å²) in [5.74, 6) is -1.06. The lowest BCUT2D eigenvalue weighted by Crippen LogP contribution is -2.39. The van der Waals surface area contributed by atoms with Crippen molar-refractivity contribution >= 4 is 23.3 Å². The van der Waals surface area contributed by atoms with Gasteiger partial charge in [-0.1, -0.05) is 0 Å². The van der Waals surface area contributed by atoms with Crippen LogP contribution in [-0.2, 0) is 11.2 Å². The van der Waals surface area contributed by atoms with E-state index < -0.39 is 12.0 Å². The lowest BCUT2D eigenvalue weighted by atomic mass is 10.3. The van der Waals surface area contributed by atoms with Gasteiger partial charge in [0.05, 0.1) is 10.7 Å². The van der Waals surface area contributed by atoms with Crippen molar-refractivity contribution in [2.75, 3.05) is 13.1 Å². The normalized spacial score (nSPS) is 9.81. The van der Waals surface area contributed by atoms with E-state index in [1.807, 2.05) is 12.3 Å². The molecule has 1 aromatic heterocycles. The van der Waals surface area contributed by atoms with E-state index in [0.717, 1.165) is 10.7 Å². The standard InChI is InChI=1S/C9H13N3O3S/c1-6-12-7(5-16-6)2-3-10-9(15)11-4-8(13)14/h5H,2-4H2,1H3,(H,13,14)(H2,10,11,15). The molecule has 0 unspecified atom stereocenters. The number of aryl methyl sites for hydroxylation is 1. The van der Waals surface area contributed by atoms with E-state index in [1.165, 1.54) is 0 Å². The van der Waals surface area contributed by atoms with E-state index in [-0.39, 0.29) is 6.54 Å². The van der Waals surface area contributed by atoms with Crippen LogP contribution in [0, 0.1) is 6.92 Å². The molecule has 2 amide bonds. The zero-order valence-corrected chi connectivity index (χ0v) is 9.63. The Labute approximate surface area is 96.7 Å². The highest BCUT2D eigenvalue weighted by Crippen LogP contribution is 2.07. The molecule has 0 saturated carbocycles. The zero-order valence-electron chi connectivity index (χ0n) is 8.82. The number of carboxylic acid groups (broad SMARTS) is 1. The summed E-state index contributed by atoms with van der Waals surface area (Å²) in [6, 6.07) is -0.477. The SMILES string of the molecule is Cc1nc(CCNC(=O)NCC(=O)O)cs1. The van der Waals surface area contributed by atoms with Crippen LogP contribution in [0.15, 0.2) is 5.38 Å². The van der Waals surface area contributed by atoms with E-state index in [4.69, 9.17) is 5.11 Å². The minimum absolute atomic E-state index is 0.373. The first kappa shape index (κ1) is 12.4. The molecule has 7 heteroatoms. The molecule has 0 aliphatic rings. The van der Waals surface area contributed by atoms with E-state index in [1.54, 1.807) is 11.3 Å². The van der Waals surface area contributed by atoms with Crippen LogP contribution < -0.4 is 10.6 Å². The van der Waals surface area contributed by atoms with E-state index in [9.17, 15) is 9.59 Å². The van der Waals surface area contributed by atoms with Crippen molar-refractivity contribution in [3.63, 3.8) is 0 Å². The van der Waals surface area contributed by atoms with Crippen LogP contribution in [0.4, 0.5) is 4.79 Å². The maximum atomic E-state index is 11.0. The smallest absolute Gasteiger partial charge is 0.323 e. The molecule has 88 valence electrons. The number of carboxylic acids is 1. The van der Waals surface area contributed by atoms with Gasteiger partial charge in [0.1, 0.15) is 6.54 Å². The average Bonchev–Trinajstić information content (AvgIpc) is 2.61. The second kappa shape index (κ2) is 6.06. The van der Waals surface area contributed by atoms with Gasteiger partial charge in [-0.15, -0.1) is 11.3 Å². The number of nitrogens with one attached hydrogen (secondary N) is 2. The third-order valence-corrected chi connectivity index (χ3v) is 2.56. The van der Waals surface area contributed by atoms with Gasteiger partial charge in [-0.2, -0.15) is 0 Å². The van der Waals surface area contributed by atoms with Crippen LogP contribution in [0.3, 0.4) is 0 Å². The minimum atomic E-state index is -1.06. The first-order valence-corrected chi connectivity index (χ1v) is 5.60. The number of aliphatic carboxylic acids is 1. The third-order valence-electron chi connectivity index (χ3n) is 1.73. The highest BCUT2D eigenvalue weighted by atomic mass is 32.1. The number of carbonyl (C=O) groups is 2. The van der Waals surface area contributed by atoms with Crippen LogP contribution >= 0.6 is 11.3 Å². The fourth-order valence-electron chi connectivity index (χ4n) is 1.05. The van der Waals surface area contributed by atoms with Crippen LogP contribution in [0.25, 0.3) is 0 Å². The molecular weight excluding hydrogens is 230 g/mol. The van der Waals surface area contributed by atoms with Gasteiger partial charge in [0.2, 0.25) is 0 Å². The molecule has 0 aliphatic carbocycles. The van der Waals surface area contributed by atoms with Gasteiger partial charge in [-0.25, -0.2) is 9.78 Å². The number of hydrogen-bond acceptors (Lipinski definition) is 4. The Morgan fingerprint density at radius 3 is 2.81 bits per heavy atom. The molecule has 0 atom stereocenters. The van der Waals surface area contributed by atoms with Crippen molar-refractivity contribution in [2.24, 2.45) is 0 Å². The Hall–Kier alpha value is -1.63. The number of rotatable bonds is 5. The van der Waals surface area contributed by atoms with Crippen molar-refractivity contribution in [1.82, 2.24) is 15.6 Å². The van der Waals surface area contributed by atoms with Crippen molar-refractivity contribution in [2.45, 2.75) is 13.3 Å². The molecule has 3 N–H and O–H groups in total. The maximum Gasteiger partial charge on any atom is 0.323 e. The summed E-state index contributed by atoms with van der Waals surface area (Å²) < 4.78 is 0. The van der Waals surface area contributed by atoms with Crippen molar-refractivity contribution < 1.29 is 14.7 Å². The molecule has 16 heavy (non-hydrogen) atoms. The predicted molar refractivity (Wildman–Crippen MR) is 59.6 cm³/mol. The maximum absolute atomic E-state index is 11.0. The van der Waals surface area contributed by atoms with Gasteiger partial charge in [0.15, 0.2) is 0 Å². The van der Waals surface area contributed by atoms with Crippen LogP contribution in [0.5, 0.6) is 0 Å². The molecule has 0 aromatic carbocycles. The van der Waals surface area contributed by atoms with Crippen LogP contribution in [0.1, 0.15) is 10.7 Å². The average molecular weight is 243 g/mol. The fourth-order valence-corrected chi connectivity index (χ4v) is 1.69. The Kier molecular flexibility index (Phi) is 4.71. The monoisotopic (exact) mass is 243 g/mol. The fraction of sp³-hybridized carbons (Fsp3) is 0.444. The van der Waals surface area contributed by atoms with E-state index in [2.05, 4.69) is 15.6 Å². The second-order valence-electron chi connectivity index (χ2n) is 3.11. The lowest BCUT2D eigenvalue weighted by molar-refractivity contribution is -0.135. The highest BCUT2D eigenvalue weighted by molar-refractivity contribution is 7.09. The van der Waals surface area contributed by atoms with Gasteiger partial charge >= 0.3 is 12.0 Å². The van der Waals surface area contributed by atoms with E-state index in [0.29, 0.717) is 13.0 Å². The number of urea groups is 1. The Balaban J connectivity index is 2.15. The lowest BCUT2D eigenvalue weighted by Gasteiger charge is -2.04. The largest absolute Gasteiger partial charge is 0.480 e. The first-order valence-electron chi connectivity index (χ1n) is 4.72. The number of amides is 2. The number of aromatic nitrogens is 1. The molecule has 1 aromatic rings. The molecule has 0 saturated heterocycles. The first-order chi connectivity index (χ1) is 7.58. The summed E-state index contributed by atoms with van der Waals surface area (Å²) in [5, 5.41) is 16.0. The van der Waals surface area contributed by atoms with Crippen molar-refractivity contribution in [3.8, 4) is 0 Å². The van der Waals surface area contributed by atoms with Gasteiger partial charge in [0.25, 0.3) is 0 Å². The van der Waals surface area contributed by atoms with Crippen LogP contribution in [0.2, 0.25) is 0 Å². The minimum Gasteiger partial charge on any atom is -0.480 e. The molecule has 0 bridgehead atoms. The summed E-state index contributed by atoms with van der Waals surface area (Å²) >= 11 is 1.56. The molecular formula is C9H13N3O3S. The molecule has 0 aliphatic heterocycles. The molecule has 6 nitrogen and oxygen atoms in total. The van der Waals surface area contributed by atoms with Gasteiger partial charge in [-0.05, 0) is 6.92 Å². The van der Waals surface area contributed by atoms with Gasteiger partial charge < -0.3 is 15.7 Å². The quantitative estimate of drug-likeness (QED) is 0.697. The van der Waals surface area contributed by atoms with Crippen molar-refractivity contribution in [1.29, 1.82) is 0 Å². The van der Waals surface area contributed by atoms with Gasteiger partial charge in [-0.3, -0.25) is 4.79 Å². The van der Waals surface area contributed by atoms with Crippen LogP contribution in [-0.4, -0.2) is 35.2 Å². The number of nitrogens with zero attached hydrogens (tertiary/aromatic N) is 1. The summed E-state index contributed by atoms with van der Waals surface area (Å²) in [6.07, 6.45) is 0.644. The molecule has 0 fully saturated rings. The Morgan fingerprint density at radius 2 is 2.25 bits per heavy atom. The molecule has 0 spiro atoms. The predicted octanol–water partition coefficient (Wildman–Crippen LogP) is 0.378. The summed E-state index contributed by atoms with van der Waals surface area (Å²) in [4.78, 5) is 25.4. The summed E-state index contributed by atoms with van der Waals surface area (Å²) in [5.41, 5.74) is 0.932. The summed E-state index contributed by atoms with van der Waals surface area (Å²) in [6.45, 7) is 1.98. The summed E-state index contributed by atoms with van der Waals surface area (Å²) in [7, 11) is 0. The topological polar surface area (TPSA) is 91.3 Å². The van der Waals surface area contributed by atoms with Gasteiger partial charge in [0, 0.05) is 18.3 Å².